The molecular weight excluding hydrogens is 227 g/mol. The predicted molar refractivity (Wildman–Crippen MR) is 51.7 cm³/mol. The van der Waals surface area contributed by atoms with Gasteiger partial charge in [-0.25, -0.2) is 0 Å². The minimum absolute atomic E-state index is 0.306. The Hall–Kier alpha value is -0.910. The fourth-order valence-electron chi connectivity index (χ4n) is 1.01. The molecule has 0 fully saturated rings. The minimum Gasteiger partial charge on any atom is -0.259 e. The van der Waals surface area contributed by atoms with Crippen molar-refractivity contribution in [2.45, 2.75) is 18.3 Å². The molecular formula is C9H10F3NOS. The summed E-state index contributed by atoms with van der Waals surface area (Å²) in [5.74, 6) is 0. The quantitative estimate of drug-likeness (QED) is 0.791. The first-order valence-corrected chi connectivity index (χ1v) is 5.80. The highest BCUT2D eigenvalue weighted by molar-refractivity contribution is 7.84. The van der Waals surface area contributed by atoms with Crippen LogP contribution in [0.15, 0.2) is 18.3 Å². The Morgan fingerprint density at radius 3 is 2.33 bits per heavy atom. The molecule has 6 heteroatoms. The molecule has 2 nitrogen and oxygen atoms in total. The third-order valence-electron chi connectivity index (χ3n) is 2.04. The summed E-state index contributed by atoms with van der Waals surface area (Å²) in [5.41, 5.74) is -0.385. The van der Waals surface area contributed by atoms with E-state index in [2.05, 4.69) is 4.98 Å². The second kappa shape index (κ2) is 4.30. The van der Waals surface area contributed by atoms with Gasteiger partial charge in [0.2, 0.25) is 0 Å². The number of hydrogen-bond donors (Lipinski definition) is 0. The summed E-state index contributed by atoms with van der Waals surface area (Å²) in [7, 11) is -1.11. The molecule has 0 saturated carbocycles. The van der Waals surface area contributed by atoms with Gasteiger partial charge >= 0.3 is 6.18 Å². The average molecular weight is 237 g/mol. The molecule has 1 heterocycles. The number of halogens is 3. The van der Waals surface area contributed by atoms with Crippen LogP contribution >= 0.6 is 0 Å². The van der Waals surface area contributed by atoms with E-state index in [9.17, 15) is 17.4 Å². The third kappa shape index (κ3) is 3.02. The Kier molecular flexibility index (Phi) is 3.49. The molecule has 0 saturated heterocycles. The van der Waals surface area contributed by atoms with Crippen LogP contribution in [0.3, 0.4) is 0 Å². The maximum Gasteiger partial charge on any atom is 0.433 e. The van der Waals surface area contributed by atoms with Crippen molar-refractivity contribution < 1.29 is 17.4 Å². The second-order valence-electron chi connectivity index (χ2n) is 3.12. The van der Waals surface area contributed by atoms with Crippen molar-refractivity contribution >= 4 is 10.8 Å². The van der Waals surface area contributed by atoms with Crippen LogP contribution in [-0.2, 0) is 17.0 Å². The third-order valence-corrected chi connectivity index (χ3v) is 3.31. The Labute approximate surface area is 88.0 Å². The summed E-state index contributed by atoms with van der Waals surface area (Å²) in [5, 5.41) is -0.306. The summed E-state index contributed by atoms with van der Waals surface area (Å²) >= 11 is 0. The van der Waals surface area contributed by atoms with Crippen LogP contribution in [0.4, 0.5) is 13.2 Å². The molecule has 0 radical (unpaired) electrons. The first-order chi connectivity index (χ1) is 6.82. The van der Waals surface area contributed by atoms with E-state index in [0.29, 0.717) is 5.56 Å². The van der Waals surface area contributed by atoms with E-state index in [4.69, 9.17) is 0 Å². The lowest BCUT2D eigenvalue weighted by atomic mass is 10.2. The van der Waals surface area contributed by atoms with Gasteiger partial charge in [-0.05, 0) is 18.6 Å². The molecule has 2 atom stereocenters. The predicted octanol–water partition coefficient (Wildman–Crippen LogP) is 2.54. The number of aromatic nitrogens is 1. The normalized spacial score (nSPS) is 16.1. The summed E-state index contributed by atoms with van der Waals surface area (Å²) in [6.45, 7) is 1.68. The van der Waals surface area contributed by atoms with Gasteiger partial charge in [0.25, 0.3) is 0 Å². The fourth-order valence-corrected chi connectivity index (χ4v) is 1.53. The van der Waals surface area contributed by atoms with Crippen molar-refractivity contribution in [1.82, 2.24) is 4.98 Å². The molecule has 84 valence electrons. The lowest BCUT2D eigenvalue weighted by Gasteiger charge is -2.10. The van der Waals surface area contributed by atoms with Crippen molar-refractivity contribution in [3.05, 3.63) is 29.6 Å². The molecule has 0 spiro atoms. The number of pyridine rings is 1. The van der Waals surface area contributed by atoms with Gasteiger partial charge in [0.15, 0.2) is 0 Å². The van der Waals surface area contributed by atoms with Gasteiger partial charge in [0.05, 0.1) is 5.25 Å². The van der Waals surface area contributed by atoms with Gasteiger partial charge in [0, 0.05) is 23.3 Å². The lowest BCUT2D eigenvalue weighted by molar-refractivity contribution is -0.141. The molecule has 0 amide bonds. The standard InChI is InChI=1S/C9H10F3NOS/c1-6(15(2)14)7-3-4-8(13-5-7)9(10,11)12/h3-6H,1-2H3/t6-,15-/m0/s1. The van der Waals surface area contributed by atoms with Crippen LogP contribution < -0.4 is 0 Å². The first-order valence-electron chi connectivity index (χ1n) is 4.17. The molecule has 0 aliphatic rings. The SMILES string of the molecule is C[C@@H](c1ccc(C(F)(F)F)nc1)[S@](C)=O. The van der Waals surface area contributed by atoms with Crippen molar-refractivity contribution in [3.8, 4) is 0 Å². The largest absolute Gasteiger partial charge is 0.433 e. The molecule has 1 aromatic heterocycles. The van der Waals surface area contributed by atoms with Crippen LogP contribution in [0.1, 0.15) is 23.4 Å². The zero-order valence-electron chi connectivity index (χ0n) is 8.21. The fraction of sp³-hybridized carbons (Fsp3) is 0.444. The van der Waals surface area contributed by atoms with E-state index in [0.717, 1.165) is 12.3 Å². The van der Waals surface area contributed by atoms with Gasteiger partial charge in [-0.1, -0.05) is 6.07 Å². The van der Waals surface area contributed by atoms with Gasteiger partial charge in [0.1, 0.15) is 5.69 Å². The zero-order chi connectivity index (χ0) is 11.6. The maximum atomic E-state index is 12.2. The molecule has 0 N–H and O–H groups in total. The summed E-state index contributed by atoms with van der Waals surface area (Å²) < 4.78 is 47.6. The summed E-state index contributed by atoms with van der Waals surface area (Å²) in [6, 6.07) is 2.21. The number of nitrogens with zero attached hydrogens (tertiary/aromatic N) is 1. The van der Waals surface area contributed by atoms with E-state index in [1.807, 2.05) is 0 Å². The van der Waals surface area contributed by atoms with Crippen LogP contribution in [0.25, 0.3) is 0 Å². The smallest absolute Gasteiger partial charge is 0.259 e. The number of alkyl halides is 3. The Morgan fingerprint density at radius 2 is 2.00 bits per heavy atom. The number of rotatable bonds is 2. The molecule has 15 heavy (non-hydrogen) atoms. The molecule has 0 aromatic carbocycles. The Balaban J connectivity index is 2.95. The van der Waals surface area contributed by atoms with Crippen molar-refractivity contribution in [2.24, 2.45) is 0 Å². The first kappa shape index (κ1) is 12.2. The van der Waals surface area contributed by atoms with Crippen molar-refractivity contribution in [1.29, 1.82) is 0 Å². The van der Waals surface area contributed by atoms with Crippen LogP contribution in [0, 0.1) is 0 Å². The molecule has 0 aliphatic carbocycles. The van der Waals surface area contributed by atoms with E-state index >= 15 is 0 Å². The monoisotopic (exact) mass is 237 g/mol. The Bertz CT molecular complexity index is 361. The van der Waals surface area contributed by atoms with Gasteiger partial charge in [-0.15, -0.1) is 0 Å². The summed E-state index contributed by atoms with van der Waals surface area (Å²) in [4.78, 5) is 3.29. The van der Waals surface area contributed by atoms with E-state index in [-0.39, 0.29) is 5.25 Å². The maximum absolute atomic E-state index is 12.2. The highest BCUT2D eigenvalue weighted by Gasteiger charge is 2.32. The Morgan fingerprint density at radius 1 is 1.40 bits per heavy atom. The average Bonchev–Trinajstić information content (AvgIpc) is 2.15. The number of hydrogen-bond acceptors (Lipinski definition) is 2. The van der Waals surface area contributed by atoms with E-state index in [1.165, 1.54) is 12.3 Å². The molecule has 0 aliphatic heterocycles. The zero-order valence-corrected chi connectivity index (χ0v) is 9.02. The highest BCUT2D eigenvalue weighted by atomic mass is 32.2. The lowest BCUT2D eigenvalue weighted by Crippen LogP contribution is -2.09. The van der Waals surface area contributed by atoms with E-state index in [1.54, 1.807) is 6.92 Å². The van der Waals surface area contributed by atoms with Gasteiger partial charge < -0.3 is 0 Å². The van der Waals surface area contributed by atoms with Crippen molar-refractivity contribution in [3.63, 3.8) is 0 Å². The van der Waals surface area contributed by atoms with Crippen molar-refractivity contribution in [2.75, 3.05) is 6.26 Å². The second-order valence-corrected chi connectivity index (χ2v) is 4.82. The highest BCUT2D eigenvalue weighted by Crippen LogP contribution is 2.28. The molecule has 1 aromatic rings. The van der Waals surface area contributed by atoms with Crippen LogP contribution in [0.5, 0.6) is 0 Å². The van der Waals surface area contributed by atoms with Gasteiger partial charge in [-0.3, -0.25) is 9.19 Å². The van der Waals surface area contributed by atoms with E-state index < -0.39 is 22.7 Å². The molecule has 0 bridgehead atoms. The van der Waals surface area contributed by atoms with Crippen LogP contribution in [0.2, 0.25) is 0 Å². The molecule has 0 unspecified atom stereocenters. The van der Waals surface area contributed by atoms with Gasteiger partial charge in [-0.2, -0.15) is 13.2 Å². The minimum atomic E-state index is -4.42. The topological polar surface area (TPSA) is 30.0 Å². The van der Waals surface area contributed by atoms with Crippen LogP contribution in [-0.4, -0.2) is 15.4 Å². The molecule has 1 rings (SSSR count). The summed E-state index contributed by atoms with van der Waals surface area (Å²) in [6.07, 6.45) is -1.80.